The molecular weight excluding hydrogens is 300 g/mol. The van der Waals surface area contributed by atoms with Crippen LogP contribution < -0.4 is 15.8 Å². The predicted octanol–water partition coefficient (Wildman–Crippen LogP) is 3.14. The van der Waals surface area contributed by atoms with Gasteiger partial charge in [0, 0.05) is 6.04 Å². The summed E-state index contributed by atoms with van der Waals surface area (Å²) in [6.45, 7) is -0.0540. The minimum Gasteiger partial charge on any atom is -0.484 e. The van der Waals surface area contributed by atoms with E-state index in [2.05, 4.69) is 24.5 Å². The van der Waals surface area contributed by atoms with Gasteiger partial charge in [0.05, 0.1) is 0 Å². The molecule has 2 aliphatic rings. The van der Waals surface area contributed by atoms with Crippen molar-refractivity contribution in [1.82, 2.24) is 5.32 Å². The third-order valence-electron chi connectivity index (χ3n) is 5.79. The summed E-state index contributed by atoms with van der Waals surface area (Å²) in [7, 11) is 2.08. The molecule has 1 aromatic carbocycles. The van der Waals surface area contributed by atoms with E-state index >= 15 is 0 Å². The molecule has 0 spiro atoms. The Hall–Kier alpha value is -1.55. The van der Waals surface area contributed by atoms with Crippen LogP contribution in [0.15, 0.2) is 18.2 Å². The number of nitrogens with one attached hydrogen (secondary N) is 1. The van der Waals surface area contributed by atoms with E-state index in [1.165, 1.54) is 56.1 Å². The molecule has 2 atom stereocenters. The molecule has 0 bridgehead atoms. The highest BCUT2D eigenvalue weighted by Gasteiger charge is 2.31. The van der Waals surface area contributed by atoms with E-state index < -0.39 is 5.91 Å². The van der Waals surface area contributed by atoms with Crippen molar-refractivity contribution >= 4 is 5.91 Å². The third kappa shape index (κ3) is 4.10. The average Bonchev–Trinajstić information content (AvgIpc) is 2.61. The minimum atomic E-state index is -0.431. The largest absolute Gasteiger partial charge is 0.484 e. The summed E-state index contributed by atoms with van der Waals surface area (Å²) in [6.07, 6.45) is 10.5. The number of hydrogen-bond donors (Lipinski definition) is 2. The van der Waals surface area contributed by atoms with Gasteiger partial charge in [-0.3, -0.25) is 4.79 Å². The number of hydrogen-bond acceptors (Lipinski definition) is 3. The Balaban J connectivity index is 1.80. The van der Waals surface area contributed by atoms with Crippen molar-refractivity contribution in [2.24, 2.45) is 11.7 Å². The van der Waals surface area contributed by atoms with E-state index in [4.69, 9.17) is 10.5 Å². The zero-order chi connectivity index (χ0) is 16.9. The number of rotatable bonds is 6. The summed E-state index contributed by atoms with van der Waals surface area (Å²) in [5.74, 6) is 1.72. The van der Waals surface area contributed by atoms with Crippen LogP contribution in [0.1, 0.15) is 62.0 Å². The zero-order valence-corrected chi connectivity index (χ0v) is 14.7. The van der Waals surface area contributed by atoms with Crippen LogP contribution in [-0.4, -0.2) is 25.6 Å². The molecule has 1 aromatic rings. The molecule has 2 unspecified atom stereocenters. The number of fused-ring (bicyclic) bond motifs is 1. The van der Waals surface area contributed by atoms with Gasteiger partial charge >= 0.3 is 0 Å². The molecule has 0 aliphatic heterocycles. The van der Waals surface area contributed by atoms with Gasteiger partial charge in [-0.05, 0) is 61.4 Å². The SMILES string of the molecule is CNC1CCc2ccc(OCC(N)=O)cc2C1CC1CCCCC1. The summed E-state index contributed by atoms with van der Waals surface area (Å²) >= 11 is 0. The predicted molar refractivity (Wildman–Crippen MR) is 96.2 cm³/mol. The van der Waals surface area contributed by atoms with Crippen LogP contribution in [0.25, 0.3) is 0 Å². The van der Waals surface area contributed by atoms with Crippen LogP contribution in [-0.2, 0) is 11.2 Å². The molecular formula is C20H30N2O2. The van der Waals surface area contributed by atoms with Crippen LogP contribution in [0, 0.1) is 5.92 Å². The molecule has 0 radical (unpaired) electrons. The first-order chi connectivity index (χ1) is 11.7. The lowest BCUT2D eigenvalue weighted by atomic mass is 9.72. The summed E-state index contributed by atoms with van der Waals surface area (Å²) in [5, 5.41) is 3.54. The molecule has 1 fully saturated rings. The smallest absolute Gasteiger partial charge is 0.255 e. The van der Waals surface area contributed by atoms with Crippen molar-refractivity contribution in [3.05, 3.63) is 29.3 Å². The number of nitrogens with two attached hydrogens (primary N) is 1. The maximum atomic E-state index is 11.0. The number of aryl methyl sites for hydroxylation is 1. The van der Waals surface area contributed by atoms with Gasteiger partial charge in [-0.25, -0.2) is 0 Å². The van der Waals surface area contributed by atoms with Crippen molar-refractivity contribution in [1.29, 1.82) is 0 Å². The first kappa shape index (κ1) is 17.3. The van der Waals surface area contributed by atoms with Crippen molar-refractivity contribution in [2.45, 2.75) is 63.3 Å². The molecule has 4 nitrogen and oxygen atoms in total. The Kier molecular flexibility index (Phi) is 5.77. The van der Waals surface area contributed by atoms with Crippen LogP contribution in [0.3, 0.4) is 0 Å². The van der Waals surface area contributed by atoms with E-state index in [-0.39, 0.29) is 6.61 Å². The summed E-state index contributed by atoms with van der Waals surface area (Å²) in [6, 6.07) is 6.82. The molecule has 0 heterocycles. The van der Waals surface area contributed by atoms with Gasteiger partial charge in [-0.1, -0.05) is 38.2 Å². The van der Waals surface area contributed by atoms with Gasteiger partial charge in [-0.2, -0.15) is 0 Å². The molecule has 3 N–H and O–H groups in total. The molecule has 0 saturated heterocycles. The fourth-order valence-electron chi connectivity index (χ4n) is 4.54. The fraction of sp³-hybridized carbons (Fsp3) is 0.650. The number of carbonyl (C=O) groups is 1. The van der Waals surface area contributed by atoms with Crippen molar-refractivity contribution in [3.8, 4) is 5.75 Å². The van der Waals surface area contributed by atoms with Crippen molar-refractivity contribution < 1.29 is 9.53 Å². The molecule has 24 heavy (non-hydrogen) atoms. The Morgan fingerprint density at radius 3 is 2.75 bits per heavy atom. The second-order valence-corrected chi connectivity index (χ2v) is 7.40. The third-order valence-corrected chi connectivity index (χ3v) is 5.79. The first-order valence-corrected chi connectivity index (χ1v) is 9.38. The molecule has 3 rings (SSSR count). The van der Waals surface area contributed by atoms with Gasteiger partial charge in [0.1, 0.15) is 5.75 Å². The number of ether oxygens (including phenoxy) is 1. The lowest BCUT2D eigenvalue weighted by Gasteiger charge is -2.37. The van der Waals surface area contributed by atoms with Gasteiger partial charge in [0.15, 0.2) is 6.61 Å². The Morgan fingerprint density at radius 2 is 2.04 bits per heavy atom. The minimum absolute atomic E-state index is 0.0540. The molecule has 4 heteroatoms. The van der Waals surface area contributed by atoms with E-state index in [1.54, 1.807) is 0 Å². The molecule has 1 amide bonds. The highest BCUT2D eigenvalue weighted by atomic mass is 16.5. The van der Waals surface area contributed by atoms with E-state index in [0.717, 1.165) is 18.1 Å². The molecule has 132 valence electrons. The number of carbonyl (C=O) groups excluding carboxylic acids is 1. The van der Waals surface area contributed by atoms with Crippen molar-refractivity contribution in [2.75, 3.05) is 13.7 Å². The monoisotopic (exact) mass is 330 g/mol. The van der Waals surface area contributed by atoms with Crippen molar-refractivity contribution in [3.63, 3.8) is 0 Å². The summed E-state index contributed by atoms with van der Waals surface area (Å²) in [5.41, 5.74) is 8.05. The van der Waals surface area contributed by atoms with Gasteiger partial charge in [0.25, 0.3) is 5.91 Å². The lowest BCUT2D eigenvalue weighted by molar-refractivity contribution is -0.119. The zero-order valence-electron chi connectivity index (χ0n) is 14.7. The van der Waals surface area contributed by atoms with E-state index in [1.807, 2.05) is 6.07 Å². The number of benzene rings is 1. The quantitative estimate of drug-likeness (QED) is 0.842. The average molecular weight is 330 g/mol. The summed E-state index contributed by atoms with van der Waals surface area (Å²) in [4.78, 5) is 11.0. The van der Waals surface area contributed by atoms with Crippen LogP contribution in [0.4, 0.5) is 0 Å². The topological polar surface area (TPSA) is 64.3 Å². The Labute approximate surface area is 145 Å². The number of amides is 1. The Morgan fingerprint density at radius 1 is 1.25 bits per heavy atom. The second-order valence-electron chi connectivity index (χ2n) is 7.40. The number of primary amides is 1. The lowest BCUT2D eigenvalue weighted by Crippen LogP contribution is -2.37. The van der Waals surface area contributed by atoms with Gasteiger partial charge < -0.3 is 15.8 Å². The molecule has 2 aliphatic carbocycles. The standard InChI is InChI=1S/C20H30N2O2/c1-22-19-10-8-15-7-9-16(24-13-20(21)23)12-17(15)18(19)11-14-5-3-2-4-6-14/h7,9,12,14,18-19,22H,2-6,8,10-11,13H2,1H3,(H2,21,23). The van der Waals surface area contributed by atoms with Gasteiger partial charge in [0.2, 0.25) is 0 Å². The number of likely N-dealkylation sites (N-methyl/N-ethyl adjacent to an activating group) is 1. The highest BCUT2D eigenvalue weighted by Crippen LogP contribution is 2.41. The molecule has 1 saturated carbocycles. The fourth-order valence-corrected chi connectivity index (χ4v) is 4.54. The van der Waals surface area contributed by atoms with E-state index in [9.17, 15) is 4.79 Å². The second kappa shape index (κ2) is 8.02. The van der Waals surface area contributed by atoms with Crippen LogP contribution >= 0.6 is 0 Å². The first-order valence-electron chi connectivity index (χ1n) is 9.38. The maximum absolute atomic E-state index is 11.0. The molecule has 0 aromatic heterocycles. The normalized spacial score (nSPS) is 24.4. The van der Waals surface area contributed by atoms with Crippen LogP contribution in [0.2, 0.25) is 0 Å². The van der Waals surface area contributed by atoms with Gasteiger partial charge in [-0.15, -0.1) is 0 Å². The highest BCUT2D eigenvalue weighted by molar-refractivity contribution is 5.75. The summed E-state index contributed by atoms with van der Waals surface area (Å²) < 4.78 is 5.55. The van der Waals surface area contributed by atoms with E-state index in [0.29, 0.717) is 12.0 Å². The van der Waals surface area contributed by atoms with Crippen LogP contribution in [0.5, 0.6) is 5.75 Å². The Bertz CT molecular complexity index is 567. The maximum Gasteiger partial charge on any atom is 0.255 e.